The quantitative estimate of drug-likeness (QED) is 0.799. The Hall–Kier alpha value is -2.31. The molecule has 6 nitrogen and oxygen atoms in total. The summed E-state index contributed by atoms with van der Waals surface area (Å²) >= 11 is 6.04. The van der Waals surface area contributed by atoms with Crippen LogP contribution in [0.5, 0.6) is 17.2 Å². The summed E-state index contributed by atoms with van der Waals surface area (Å²) in [6, 6.07) is 10.5. The van der Waals surface area contributed by atoms with E-state index in [1.165, 1.54) is 13.2 Å². The normalized spacial score (nSPS) is 15.0. The molecule has 2 aromatic carbocycles. The van der Waals surface area contributed by atoms with Crippen molar-refractivity contribution in [3.63, 3.8) is 0 Å². The molecule has 0 aliphatic carbocycles. The molecule has 1 amide bonds. The Kier molecular flexibility index (Phi) is 6.45. The van der Waals surface area contributed by atoms with E-state index in [0.717, 1.165) is 0 Å². The Labute approximate surface area is 163 Å². The van der Waals surface area contributed by atoms with Crippen molar-refractivity contribution in [2.45, 2.75) is 6.10 Å². The van der Waals surface area contributed by atoms with Crippen LogP contribution in [0, 0.1) is 0 Å². The molecule has 26 heavy (non-hydrogen) atoms. The van der Waals surface area contributed by atoms with Gasteiger partial charge in [0.15, 0.2) is 17.6 Å². The van der Waals surface area contributed by atoms with Crippen molar-refractivity contribution < 1.29 is 19.0 Å². The smallest absolute Gasteiger partial charge is 0.257 e. The standard InChI is InChI=1S/C18H19ClN2O4.ClH/c1-21(9-11-10-24-15-5-3-4-6-16(15)25-11)18(22)12-7-13(19)14(20)8-17(12)23-2;/h3-8,11H,9-10,20H2,1-2H3;1H. The Morgan fingerprint density at radius 2 is 2.04 bits per heavy atom. The molecule has 0 bridgehead atoms. The number of para-hydroxylation sites is 2. The average Bonchev–Trinajstić information content (AvgIpc) is 2.62. The summed E-state index contributed by atoms with van der Waals surface area (Å²) in [5, 5.41) is 0.309. The van der Waals surface area contributed by atoms with Gasteiger partial charge in [-0.25, -0.2) is 0 Å². The number of rotatable bonds is 4. The molecule has 140 valence electrons. The summed E-state index contributed by atoms with van der Waals surface area (Å²) in [5.41, 5.74) is 6.47. The Bertz CT molecular complexity index is 801. The number of likely N-dealkylation sites (N-methyl/N-ethyl adjacent to an activating group) is 1. The maximum atomic E-state index is 12.8. The van der Waals surface area contributed by atoms with Gasteiger partial charge in [-0.05, 0) is 18.2 Å². The number of carbonyl (C=O) groups excluding carboxylic acids is 1. The lowest BCUT2D eigenvalue weighted by atomic mass is 10.1. The molecule has 1 heterocycles. The van der Waals surface area contributed by atoms with Crippen LogP contribution in [0.25, 0.3) is 0 Å². The molecule has 0 saturated carbocycles. The van der Waals surface area contributed by atoms with E-state index in [1.54, 1.807) is 18.0 Å². The maximum Gasteiger partial charge on any atom is 0.257 e. The van der Waals surface area contributed by atoms with E-state index < -0.39 is 0 Å². The van der Waals surface area contributed by atoms with E-state index in [1.807, 2.05) is 24.3 Å². The van der Waals surface area contributed by atoms with Gasteiger partial charge in [0, 0.05) is 13.1 Å². The number of nitrogens with zero attached hydrogens (tertiary/aromatic N) is 1. The lowest BCUT2D eigenvalue weighted by molar-refractivity contribution is 0.0519. The second kappa shape index (κ2) is 8.38. The summed E-state index contributed by atoms with van der Waals surface area (Å²) in [5.74, 6) is 1.53. The fourth-order valence-corrected chi connectivity index (χ4v) is 2.82. The van der Waals surface area contributed by atoms with Gasteiger partial charge in [0.1, 0.15) is 12.4 Å². The topological polar surface area (TPSA) is 74.0 Å². The van der Waals surface area contributed by atoms with Crippen molar-refractivity contribution in [2.75, 3.05) is 33.0 Å². The highest BCUT2D eigenvalue weighted by Crippen LogP contribution is 2.32. The number of ether oxygens (including phenoxy) is 3. The Morgan fingerprint density at radius 3 is 2.73 bits per heavy atom. The molecule has 3 rings (SSSR count). The van der Waals surface area contributed by atoms with Crippen LogP contribution in [0.2, 0.25) is 5.02 Å². The van der Waals surface area contributed by atoms with Gasteiger partial charge in [-0.15, -0.1) is 12.4 Å². The van der Waals surface area contributed by atoms with Crippen LogP contribution in [0.3, 0.4) is 0 Å². The van der Waals surface area contributed by atoms with Gasteiger partial charge in [0.25, 0.3) is 5.91 Å². The average molecular weight is 399 g/mol. The Morgan fingerprint density at radius 1 is 1.35 bits per heavy atom. The molecule has 0 fully saturated rings. The number of fused-ring (bicyclic) bond motifs is 1. The molecular formula is C18H20Cl2N2O4. The zero-order valence-corrected chi connectivity index (χ0v) is 16.0. The van der Waals surface area contributed by atoms with Crippen LogP contribution >= 0.6 is 24.0 Å². The number of halogens is 2. The monoisotopic (exact) mass is 398 g/mol. The van der Waals surface area contributed by atoms with Crippen molar-refractivity contribution >= 4 is 35.6 Å². The van der Waals surface area contributed by atoms with E-state index >= 15 is 0 Å². The summed E-state index contributed by atoms with van der Waals surface area (Å²) in [7, 11) is 3.17. The van der Waals surface area contributed by atoms with E-state index in [4.69, 9.17) is 31.5 Å². The number of anilines is 1. The zero-order valence-electron chi connectivity index (χ0n) is 14.4. The fourth-order valence-electron chi connectivity index (χ4n) is 2.65. The van der Waals surface area contributed by atoms with Gasteiger partial charge in [-0.1, -0.05) is 23.7 Å². The van der Waals surface area contributed by atoms with Crippen LogP contribution in [-0.2, 0) is 0 Å². The predicted octanol–water partition coefficient (Wildman–Crippen LogP) is 3.26. The summed E-state index contributed by atoms with van der Waals surface area (Å²) in [4.78, 5) is 14.3. The largest absolute Gasteiger partial charge is 0.496 e. The number of hydrogen-bond donors (Lipinski definition) is 1. The molecule has 1 atom stereocenters. The van der Waals surface area contributed by atoms with Crippen molar-refractivity contribution in [1.29, 1.82) is 0 Å². The van der Waals surface area contributed by atoms with Gasteiger partial charge in [0.05, 0.1) is 29.9 Å². The van der Waals surface area contributed by atoms with E-state index in [0.29, 0.717) is 46.7 Å². The maximum absolute atomic E-state index is 12.8. The lowest BCUT2D eigenvalue weighted by Gasteiger charge is -2.29. The van der Waals surface area contributed by atoms with Gasteiger partial charge in [0.2, 0.25) is 0 Å². The molecule has 1 aliphatic heterocycles. The molecule has 1 unspecified atom stereocenters. The fraction of sp³-hybridized carbons (Fsp3) is 0.278. The van der Waals surface area contributed by atoms with Crippen molar-refractivity contribution in [2.24, 2.45) is 0 Å². The number of carbonyl (C=O) groups is 1. The number of hydrogen-bond acceptors (Lipinski definition) is 5. The molecule has 2 N–H and O–H groups in total. The van der Waals surface area contributed by atoms with E-state index in [9.17, 15) is 4.79 Å². The van der Waals surface area contributed by atoms with Gasteiger partial charge < -0.3 is 24.8 Å². The van der Waals surface area contributed by atoms with Gasteiger partial charge in [-0.3, -0.25) is 4.79 Å². The number of amides is 1. The number of benzene rings is 2. The van der Waals surface area contributed by atoms with E-state index in [-0.39, 0.29) is 24.4 Å². The molecule has 8 heteroatoms. The first-order chi connectivity index (χ1) is 12.0. The van der Waals surface area contributed by atoms with Crippen LogP contribution in [0.4, 0.5) is 5.69 Å². The summed E-state index contributed by atoms with van der Waals surface area (Å²) in [6.45, 7) is 0.729. The van der Waals surface area contributed by atoms with Crippen LogP contribution < -0.4 is 19.9 Å². The molecular weight excluding hydrogens is 379 g/mol. The van der Waals surface area contributed by atoms with Crippen LogP contribution in [0.1, 0.15) is 10.4 Å². The highest BCUT2D eigenvalue weighted by Gasteiger charge is 2.25. The van der Waals surface area contributed by atoms with Crippen molar-refractivity contribution in [3.05, 3.63) is 47.0 Å². The zero-order chi connectivity index (χ0) is 18.0. The number of nitrogens with two attached hydrogens (primary N) is 1. The minimum Gasteiger partial charge on any atom is -0.496 e. The first-order valence-electron chi connectivity index (χ1n) is 7.76. The number of nitrogen functional groups attached to an aromatic ring is 1. The second-order valence-electron chi connectivity index (χ2n) is 5.76. The molecule has 1 aliphatic rings. The lowest BCUT2D eigenvalue weighted by Crippen LogP contribution is -2.41. The molecule has 2 aromatic rings. The third-order valence-electron chi connectivity index (χ3n) is 3.94. The third kappa shape index (κ3) is 4.08. The van der Waals surface area contributed by atoms with Crippen molar-refractivity contribution in [3.8, 4) is 17.2 Å². The van der Waals surface area contributed by atoms with Gasteiger partial charge >= 0.3 is 0 Å². The second-order valence-corrected chi connectivity index (χ2v) is 6.16. The molecule has 0 aromatic heterocycles. The van der Waals surface area contributed by atoms with Crippen molar-refractivity contribution in [1.82, 2.24) is 4.90 Å². The van der Waals surface area contributed by atoms with Crippen LogP contribution in [0.15, 0.2) is 36.4 Å². The van der Waals surface area contributed by atoms with E-state index in [2.05, 4.69) is 0 Å². The molecule has 0 radical (unpaired) electrons. The summed E-state index contributed by atoms with van der Waals surface area (Å²) < 4.78 is 16.8. The minimum absolute atomic E-state index is 0. The summed E-state index contributed by atoms with van der Waals surface area (Å²) in [6.07, 6.45) is -0.265. The van der Waals surface area contributed by atoms with Crippen LogP contribution in [-0.4, -0.2) is 44.2 Å². The number of methoxy groups -OCH3 is 1. The highest BCUT2D eigenvalue weighted by atomic mass is 35.5. The molecule has 0 saturated heterocycles. The molecule has 0 spiro atoms. The highest BCUT2D eigenvalue weighted by molar-refractivity contribution is 6.33. The SMILES string of the molecule is COc1cc(N)c(Cl)cc1C(=O)N(C)CC1COc2ccccc2O1.Cl. The third-order valence-corrected chi connectivity index (χ3v) is 4.27. The minimum atomic E-state index is -0.265. The predicted molar refractivity (Wildman–Crippen MR) is 103 cm³/mol. The Balaban J connectivity index is 0.00000243. The first kappa shape index (κ1) is 20.0. The first-order valence-corrected chi connectivity index (χ1v) is 8.14. The van der Waals surface area contributed by atoms with Gasteiger partial charge in [-0.2, -0.15) is 0 Å².